The van der Waals surface area contributed by atoms with Gasteiger partial charge in [0, 0.05) is 46.0 Å². The molecule has 0 radical (unpaired) electrons. The van der Waals surface area contributed by atoms with Gasteiger partial charge in [0.15, 0.2) is 11.6 Å². The fraction of sp³-hybridized carbons (Fsp3) is 0.222. The Morgan fingerprint density at radius 1 is 0.979 bits per heavy atom. The highest BCUT2D eigenvalue weighted by atomic mass is 32.2. The average molecular weight is 666 g/mol. The maximum absolute atomic E-state index is 13.2. The van der Waals surface area contributed by atoms with E-state index in [0.717, 1.165) is 21.6 Å². The van der Waals surface area contributed by atoms with Gasteiger partial charge in [-0.1, -0.05) is 36.4 Å². The minimum Gasteiger partial charge on any atom is -0.489 e. The number of aliphatic carboxylic acids is 1. The van der Waals surface area contributed by atoms with E-state index >= 15 is 0 Å². The molecule has 4 aromatic rings. The Morgan fingerprint density at radius 2 is 1.77 bits per heavy atom. The summed E-state index contributed by atoms with van der Waals surface area (Å²) >= 11 is 2.83. The summed E-state index contributed by atoms with van der Waals surface area (Å²) in [6.07, 6.45) is 0.345. The van der Waals surface area contributed by atoms with E-state index in [-0.39, 0.29) is 31.1 Å². The third-order valence-corrected chi connectivity index (χ3v) is 11.2. The average Bonchev–Trinajstić information content (AvgIpc) is 3.68. The highest BCUT2D eigenvalue weighted by Gasteiger charge is 2.56. The van der Waals surface area contributed by atoms with Crippen LogP contribution in [0.3, 0.4) is 0 Å². The lowest BCUT2D eigenvalue weighted by Crippen LogP contribution is -2.66. The molecule has 9 nitrogen and oxygen atoms in total. The van der Waals surface area contributed by atoms with Gasteiger partial charge in [0.1, 0.15) is 29.6 Å². The van der Waals surface area contributed by atoms with E-state index in [4.69, 9.17) is 14.2 Å². The lowest BCUT2D eigenvalue weighted by Gasteiger charge is -2.51. The second-order valence-corrected chi connectivity index (χ2v) is 14.0. The fourth-order valence-electron chi connectivity index (χ4n) is 6.91. The van der Waals surface area contributed by atoms with Crippen LogP contribution in [0.1, 0.15) is 43.9 Å². The molecule has 4 unspecified atom stereocenters. The molecule has 0 bridgehead atoms. The number of benzene rings is 3. The first-order chi connectivity index (χ1) is 22.7. The molecule has 1 saturated heterocycles. The van der Waals surface area contributed by atoms with E-state index in [1.165, 1.54) is 28.0 Å². The van der Waals surface area contributed by atoms with Crippen molar-refractivity contribution in [2.75, 3.05) is 6.61 Å². The Labute approximate surface area is 277 Å². The molecule has 4 aliphatic heterocycles. The highest BCUT2D eigenvalue weighted by Crippen LogP contribution is 2.56. The predicted octanol–water partition coefficient (Wildman–Crippen LogP) is 6.07. The number of thioether (sulfide) groups is 1. The third kappa shape index (κ3) is 4.67. The second kappa shape index (κ2) is 11.1. The van der Waals surface area contributed by atoms with Crippen molar-refractivity contribution in [2.45, 2.75) is 36.8 Å². The van der Waals surface area contributed by atoms with Gasteiger partial charge in [0.2, 0.25) is 5.91 Å². The third-order valence-electron chi connectivity index (χ3n) is 9.06. The molecule has 1 fully saturated rings. The summed E-state index contributed by atoms with van der Waals surface area (Å²) in [6.45, 7) is 1.87. The zero-order valence-electron chi connectivity index (χ0n) is 25.0. The number of fused-ring (bicyclic) bond motifs is 7. The zero-order chi connectivity index (χ0) is 32.4. The van der Waals surface area contributed by atoms with Crippen LogP contribution in [0.2, 0.25) is 0 Å². The Bertz CT molecular complexity index is 2020. The number of ether oxygens (including phenoxy) is 3. The Balaban J connectivity index is 1.04. The van der Waals surface area contributed by atoms with Gasteiger partial charge in [0.05, 0.1) is 16.9 Å². The quantitative estimate of drug-likeness (QED) is 0.177. The number of aryl methyl sites for hydroxylation is 1. The number of carbonyl (C=O) groups is 4. The van der Waals surface area contributed by atoms with E-state index in [2.05, 4.69) is 0 Å². The van der Waals surface area contributed by atoms with Crippen LogP contribution < -0.4 is 9.47 Å². The largest absolute Gasteiger partial charge is 0.489 e. The molecular formula is C36H27NO8S2. The minimum absolute atomic E-state index is 0.0407. The maximum atomic E-state index is 13.2. The summed E-state index contributed by atoms with van der Waals surface area (Å²) in [6, 6.07) is 20.9. The number of rotatable bonds is 8. The van der Waals surface area contributed by atoms with Crippen LogP contribution in [-0.2, 0) is 31.1 Å². The lowest BCUT2D eigenvalue weighted by atomic mass is 9.77. The topological polar surface area (TPSA) is 119 Å². The summed E-state index contributed by atoms with van der Waals surface area (Å²) in [4.78, 5) is 53.6. The van der Waals surface area contributed by atoms with Crippen molar-refractivity contribution in [1.82, 2.24) is 4.90 Å². The van der Waals surface area contributed by atoms with Crippen molar-refractivity contribution in [3.63, 3.8) is 0 Å². The van der Waals surface area contributed by atoms with Gasteiger partial charge in [-0.2, -0.15) is 0 Å². The molecule has 1 N–H and O–H groups in total. The van der Waals surface area contributed by atoms with Crippen LogP contribution >= 0.6 is 23.1 Å². The molecule has 4 atom stereocenters. The molecule has 11 heteroatoms. The first-order valence-electron chi connectivity index (χ1n) is 15.1. The standard InChI is InChI=1S/C36H27NO8S2/c1-19-8-10-27-29(13-19)44-30-16-22(9-11-28(30)36(27)26-7-3-2-6-24(26)35(42)45-36)43-17-20-18-47-33-25(32(39)37(33)31(20)34(40)41)15-21(38)14-23-5-4-12-46-23/h2-13,16,18,25,31,33H,14-15,17H2,1H3,(H,40,41). The smallest absolute Gasteiger partial charge is 0.340 e. The van der Waals surface area contributed by atoms with Gasteiger partial charge in [-0.3, -0.25) is 9.59 Å². The van der Waals surface area contributed by atoms with Gasteiger partial charge in [-0.05, 0) is 53.6 Å². The number of hydrogen-bond acceptors (Lipinski definition) is 9. The van der Waals surface area contributed by atoms with E-state index in [9.17, 15) is 24.3 Å². The van der Waals surface area contributed by atoms with Crippen LogP contribution in [0.4, 0.5) is 0 Å². The summed E-state index contributed by atoms with van der Waals surface area (Å²) in [5, 5.41) is 13.4. The van der Waals surface area contributed by atoms with Gasteiger partial charge in [0.25, 0.3) is 0 Å². The van der Waals surface area contributed by atoms with Crippen LogP contribution in [0.15, 0.2) is 89.2 Å². The number of amides is 1. The zero-order valence-corrected chi connectivity index (χ0v) is 26.6. The molecule has 3 aromatic carbocycles. The number of β-lactam (4-membered cyclic amide) rings is 1. The van der Waals surface area contributed by atoms with Crippen LogP contribution in [0.5, 0.6) is 17.2 Å². The van der Waals surface area contributed by atoms with Gasteiger partial charge < -0.3 is 24.2 Å². The number of carboxylic acid groups (broad SMARTS) is 1. The molecule has 4 aliphatic rings. The van der Waals surface area contributed by atoms with E-state index < -0.39 is 34.9 Å². The Hall–Kier alpha value is -4.87. The summed E-state index contributed by atoms with van der Waals surface area (Å²) in [7, 11) is 0. The van der Waals surface area contributed by atoms with Crippen molar-refractivity contribution in [3.8, 4) is 17.2 Å². The normalized spacial score (nSPS) is 23.4. The van der Waals surface area contributed by atoms with Crippen molar-refractivity contribution in [2.24, 2.45) is 5.92 Å². The number of ketones is 1. The summed E-state index contributed by atoms with van der Waals surface area (Å²) < 4.78 is 18.7. The number of carbonyl (C=O) groups excluding carboxylic acids is 3. The summed E-state index contributed by atoms with van der Waals surface area (Å²) in [5.74, 6) is -1.10. The van der Waals surface area contributed by atoms with Crippen LogP contribution in [0, 0.1) is 12.8 Å². The van der Waals surface area contributed by atoms with Gasteiger partial charge in [-0.25, -0.2) is 9.59 Å². The molecular weight excluding hydrogens is 639 g/mol. The Kier molecular flexibility index (Phi) is 6.99. The number of thiophene rings is 1. The molecule has 1 spiro atoms. The maximum Gasteiger partial charge on any atom is 0.340 e. The van der Waals surface area contributed by atoms with Gasteiger partial charge in [-0.15, -0.1) is 23.1 Å². The van der Waals surface area contributed by atoms with Crippen LogP contribution in [-0.4, -0.2) is 51.7 Å². The molecule has 1 amide bonds. The lowest BCUT2D eigenvalue weighted by molar-refractivity contribution is -0.163. The molecule has 1 aromatic heterocycles. The van der Waals surface area contributed by atoms with E-state index in [0.29, 0.717) is 33.9 Å². The molecule has 5 heterocycles. The predicted molar refractivity (Wildman–Crippen MR) is 174 cm³/mol. The number of Topliss-reactive ketones (excluding diaryl/α,β-unsaturated/α-hetero) is 1. The summed E-state index contributed by atoms with van der Waals surface area (Å²) in [5.41, 5.74) is 2.77. The SMILES string of the molecule is Cc1ccc2c(c1)Oc1cc(OCC3=CSC4C(CC(=O)Cc5cccs5)C(=O)N4C3C(=O)O)ccc1C21OC(=O)c2ccccc21. The first-order valence-corrected chi connectivity index (χ1v) is 16.9. The molecule has 47 heavy (non-hydrogen) atoms. The van der Waals surface area contributed by atoms with Crippen molar-refractivity contribution in [1.29, 1.82) is 0 Å². The number of carboxylic acids is 1. The van der Waals surface area contributed by atoms with E-state index in [1.54, 1.807) is 35.7 Å². The van der Waals surface area contributed by atoms with E-state index in [1.807, 2.05) is 54.8 Å². The Morgan fingerprint density at radius 3 is 2.55 bits per heavy atom. The molecule has 0 aliphatic carbocycles. The van der Waals surface area contributed by atoms with Crippen molar-refractivity contribution in [3.05, 3.63) is 122 Å². The minimum atomic E-state index is -1.20. The number of hydrogen-bond donors (Lipinski definition) is 1. The monoisotopic (exact) mass is 665 g/mol. The van der Waals surface area contributed by atoms with Crippen molar-refractivity contribution >= 4 is 46.7 Å². The number of esters is 1. The number of nitrogens with zero attached hydrogens (tertiary/aromatic N) is 1. The molecule has 0 saturated carbocycles. The highest BCUT2D eigenvalue weighted by molar-refractivity contribution is 8.02. The molecule has 8 rings (SSSR count). The second-order valence-electron chi connectivity index (χ2n) is 12.0. The van der Waals surface area contributed by atoms with Gasteiger partial charge >= 0.3 is 11.9 Å². The van der Waals surface area contributed by atoms with Crippen molar-refractivity contribution < 1.29 is 38.5 Å². The fourth-order valence-corrected chi connectivity index (χ4v) is 8.91. The first kappa shape index (κ1) is 29.5. The molecule has 236 valence electrons. The van der Waals surface area contributed by atoms with Crippen LogP contribution in [0.25, 0.3) is 0 Å².